The summed E-state index contributed by atoms with van der Waals surface area (Å²) in [6, 6.07) is 5.05. The third kappa shape index (κ3) is 5.17. The molecule has 0 saturated carbocycles. The number of nitrogens with zero attached hydrogens (tertiary/aromatic N) is 3. The van der Waals surface area contributed by atoms with Crippen LogP contribution in [-0.2, 0) is 0 Å². The smallest absolute Gasteiger partial charge is 0.252 e. The number of fused-ring (bicyclic) bond motifs is 1. The third-order valence-electron chi connectivity index (χ3n) is 5.89. The van der Waals surface area contributed by atoms with Gasteiger partial charge in [0.2, 0.25) is 0 Å². The molecule has 32 heavy (non-hydrogen) atoms. The van der Waals surface area contributed by atoms with E-state index in [1.165, 1.54) is 6.26 Å². The van der Waals surface area contributed by atoms with Crippen LogP contribution in [0, 0.1) is 12.8 Å². The molecule has 0 aliphatic carbocycles. The summed E-state index contributed by atoms with van der Waals surface area (Å²) in [6.45, 7) is 5.19. The zero-order valence-electron chi connectivity index (χ0n) is 18.2. The zero-order chi connectivity index (χ0) is 22.5. The highest BCUT2D eigenvalue weighted by Gasteiger charge is 2.30. The molecule has 2 unspecified atom stereocenters. The fourth-order valence-electron chi connectivity index (χ4n) is 4.13. The predicted octanol–water partition coefficient (Wildman–Crippen LogP) is 2.07. The Hall–Kier alpha value is -3.17. The number of hydrogen-bond donors (Lipinski definition) is 3. The minimum Gasteiger partial charge on any atom is -0.457 e. The summed E-state index contributed by atoms with van der Waals surface area (Å²) in [4.78, 5) is 22.3. The van der Waals surface area contributed by atoms with E-state index in [1.807, 2.05) is 6.92 Å². The fraction of sp³-hybridized carbons (Fsp3) is 0.435. The number of nitrogens with one attached hydrogen (secondary N) is 1. The van der Waals surface area contributed by atoms with E-state index in [0.29, 0.717) is 30.2 Å². The number of aliphatic hydroxyl groups is 1. The third-order valence-corrected chi connectivity index (χ3v) is 5.89. The van der Waals surface area contributed by atoms with Crippen LogP contribution in [0.5, 0.6) is 11.5 Å². The van der Waals surface area contributed by atoms with Gasteiger partial charge in [-0.2, -0.15) is 0 Å². The second kappa shape index (κ2) is 9.97. The van der Waals surface area contributed by atoms with E-state index in [9.17, 15) is 9.90 Å². The van der Waals surface area contributed by atoms with Crippen LogP contribution in [0.15, 0.2) is 42.6 Å². The van der Waals surface area contributed by atoms with Crippen molar-refractivity contribution in [2.75, 3.05) is 31.5 Å². The lowest BCUT2D eigenvalue weighted by Gasteiger charge is -2.36. The van der Waals surface area contributed by atoms with Crippen molar-refractivity contribution < 1.29 is 19.4 Å². The van der Waals surface area contributed by atoms with Gasteiger partial charge in [0.1, 0.15) is 17.8 Å². The Bertz CT molecular complexity index is 996. The largest absolute Gasteiger partial charge is 0.457 e. The average Bonchev–Trinajstić information content (AvgIpc) is 2.79. The number of carbonyl (C=O) groups excluding carboxylic acids is 1. The topological polar surface area (TPSA) is 123 Å². The van der Waals surface area contributed by atoms with Crippen LogP contribution < -0.4 is 20.5 Å². The number of carbonyl (C=O) groups is 1. The van der Waals surface area contributed by atoms with Gasteiger partial charge in [-0.25, -0.2) is 4.98 Å². The number of ether oxygens (including phenoxy) is 2. The van der Waals surface area contributed by atoms with Crippen LogP contribution in [0.3, 0.4) is 0 Å². The summed E-state index contributed by atoms with van der Waals surface area (Å²) in [6.07, 6.45) is 6.82. The van der Waals surface area contributed by atoms with Crippen molar-refractivity contribution in [2.24, 2.45) is 11.7 Å². The van der Waals surface area contributed by atoms with E-state index >= 15 is 0 Å². The van der Waals surface area contributed by atoms with Crippen LogP contribution in [0.2, 0.25) is 0 Å². The van der Waals surface area contributed by atoms with E-state index in [1.54, 1.807) is 30.6 Å². The molecule has 170 valence electrons. The number of para-hydroxylation sites is 1. The van der Waals surface area contributed by atoms with Crippen LogP contribution in [-0.4, -0.2) is 58.2 Å². The monoisotopic (exact) mass is 439 g/mol. The molecule has 2 aliphatic rings. The molecule has 4 rings (SSSR count). The second-order valence-corrected chi connectivity index (χ2v) is 8.19. The van der Waals surface area contributed by atoms with E-state index in [2.05, 4.69) is 20.2 Å². The highest BCUT2D eigenvalue weighted by molar-refractivity contribution is 5.96. The molecular weight excluding hydrogens is 410 g/mol. The number of anilines is 1. The number of allylic oxidation sites excluding steroid dienone is 1. The summed E-state index contributed by atoms with van der Waals surface area (Å²) in [5.74, 6) is 1.79. The van der Waals surface area contributed by atoms with Gasteiger partial charge < -0.3 is 30.5 Å². The fourth-order valence-corrected chi connectivity index (χ4v) is 4.13. The van der Waals surface area contributed by atoms with E-state index < -0.39 is 12.0 Å². The molecule has 0 radical (unpaired) electrons. The summed E-state index contributed by atoms with van der Waals surface area (Å²) in [5, 5.41) is 14.0. The second-order valence-electron chi connectivity index (χ2n) is 8.19. The number of rotatable bonds is 8. The molecule has 9 nitrogen and oxygen atoms in total. The number of likely N-dealkylation sites (tertiary alicyclic amines) is 1. The minimum atomic E-state index is -0.563. The number of amides is 1. The van der Waals surface area contributed by atoms with Crippen LogP contribution >= 0.6 is 0 Å². The summed E-state index contributed by atoms with van der Waals surface area (Å²) < 4.78 is 11.6. The molecule has 1 fully saturated rings. The quantitative estimate of drug-likeness (QED) is 0.534. The van der Waals surface area contributed by atoms with Gasteiger partial charge in [-0.15, -0.1) is 0 Å². The highest BCUT2D eigenvalue weighted by atomic mass is 16.6. The standard InChI is InChI=1S/C23H29N5O4/c1-15-23(27-9-8-25-15)26-7-3-10-28-11-6-16(19(29)13-28)12-17-14-31-21-18(22(24)30)4-2-5-20(21)32-17/h2,4-5,8-9,14,16,19,29H,3,6-7,10-13H2,1H3,(H2,24,30)(H,26,27). The molecular formula is C23H29N5O4. The van der Waals surface area contributed by atoms with Crippen LogP contribution in [0.25, 0.3) is 0 Å². The Morgan fingerprint density at radius 3 is 2.97 bits per heavy atom. The number of benzene rings is 1. The maximum Gasteiger partial charge on any atom is 0.252 e. The summed E-state index contributed by atoms with van der Waals surface area (Å²) in [7, 11) is 0. The van der Waals surface area contributed by atoms with Gasteiger partial charge in [-0.1, -0.05) is 6.07 Å². The van der Waals surface area contributed by atoms with Crippen LogP contribution in [0.4, 0.5) is 5.82 Å². The minimum absolute atomic E-state index is 0.0855. The number of aliphatic hydroxyl groups excluding tert-OH is 1. The molecule has 1 amide bonds. The molecule has 4 N–H and O–H groups in total. The first kappa shape index (κ1) is 22.0. The van der Waals surface area contributed by atoms with Crippen molar-refractivity contribution in [3.05, 3.63) is 53.9 Å². The lowest BCUT2D eigenvalue weighted by atomic mass is 9.90. The van der Waals surface area contributed by atoms with Crippen molar-refractivity contribution >= 4 is 11.7 Å². The molecule has 3 heterocycles. The van der Waals surface area contributed by atoms with Crippen molar-refractivity contribution in [2.45, 2.75) is 32.3 Å². The lowest BCUT2D eigenvalue weighted by molar-refractivity contribution is 0.0181. The Morgan fingerprint density at radius 1 is 1.34 bits per heavy atom. The van der Waals surface area contributed by atoms with Crippen molar-refractivity contribution in [1.29, 1.82) is 0 Å². The van der Waals surface area contributed by atoms with Gasteiger partial charge in [0, 0.05) is 31.9 Å². The first-order valence-electron chi connectivity index (χ1n) is 10.9. The SMILES string of the molecule is Cc1nccnc1NCCCN1CCC(CC2=COc3c(cccc3C(N)=O)O2)C(O)C1. The molecule has 2 aromatic rings. The van der Waals surface area contributed by atoms with Gasteiger partial charge >= 0.3 is 0 Å². The number of β-amino-alcohol motifs (C(OH)–C–C–N with tert-alkyl or cyclic N) is 1. The molecule has 2 atom stereocenters. The number of nitrogens with two attached hydrogens (primary N) is 1. The Morgan fingerprint density at radius 2 is 2.19 bits per heavy atom. The number of piperidine rings is 1. The van der Waals surface area contributed by atoms with Gasteiger partial charge in [0.15, 0.2) is 11.5 Å². The van der Waals surface area contributed by atoms with E-state index in [0.717, 1.165) is 44.0 Å². The normalized spacial score (nSPS) is 20.5. The molecule has 0 spiro atoms. The molecule has 1 saturated heterocycles. The Kier molecular flexibility index (Phi) is 6.87. The molecule has 0 bridgehead atoms. The average molecular weight is 440 g/mol. The summed E-state index contributed by atoms with van der Waals surface area (Å²) in [5.41, 5.74) is 6.57. The number of aromatic nitrogens is 2. The number of hydrogen-bond acceptors (Lipinski definition) is 8. The maximum atomic E-state index is 11.5. The Balaban J connectivity index is 1.22. The molecule has 2 aliphatic heterocycles. The molecule has 9 heteroatoms. The summed E-state index contributed by atoms with van der Waals surface area (Å²) >= 11 is 0. The van der Waals surface area contributed by atoms with Gasteiger partial charge in [-0.05, 0) is 50.9 Å². The lowest BCUT2D eigenvalue weighted by Crippen LogP contribution is -2.44. The van der Waals surface area contributed by atoms with Gasteiger partial charge in [0.25, 0.3) is 5.91 Å². The first-order chi connectivity index (χ1) is 15.5. The van der Waals surface area contributed by atoms with Crippen LogP contribution in [0.1, 0.15) is 35.3 Å². The van der Waals surface area contributed by atoms with Crippen molar-refractivity contribution in [1.82, 2.24) is 14.9 Å². The predicted molar refractivity (Wildman–Crippen MR) is 119 cm³/mol. The highest BCUT2D eigenvalue weighted by Crippen LogP contribution is 2.37. The molecule has 1 aromatic heterocycles. The number of primary amides is 1. The van der Waals surface area contributed by atoms with E-state index in [-0.39, 0.29) is 11.5 Å². The maximum absolute atomic E-state index is 11.5. The van der Waals surface area contributed by atoms with E-state index in [4.69, 9.17) is 15.2 Å². The van der Waals surface area contributed by atoms with Gasteiger partial charge in [-0.3, -0.25) is 9.78 Å². The first-order valence-corrected chi connectivity index (χ1v) is 10.9. The van der Waals surface area contributed by atoms with Crippen molar-refractivity contribution in [3.63, 3.8) is 0 Å². The zero-order valence-corrected chi connectivity index (χ0v) is 18.2. The number of aryl methyl sites for hydroxylation is 1. The Labute approximate surface area is 187 Å². The molecule has 1 aromatic carbocycles. The van der Waals surface area contributed by atoms with Gasteiger partial charge in [0.05, 0.1) is 17.4 Å². The van der Waals surface area contributed by atoms with Crippen molar-refractivity contribution in [3.8, 4) is 11.5 Å².